The molecule has 0 radical (unpaired) electrons. The van der Waals surface area contributed by atoms with E-state index in [0.717, 1.165) is 24.8 Å². The Kier molecular flexibility index (Phi) is 4.84. The lowest BCUT2D eigenvalue weighted by Crippen LogP contribution is -2.45. The number of nitrogens with one attached hydrogen (secondary N) is 1. The van der Waals surface area contributed by atoms with E-state index in [4.69, 9.17) is 4.42 Å². The third kappa shape index (κ3) is 4.14. The van der Waals surface area contributed by atoms with Crippen LogP contribution >= 0.6 is 0 Å². The van der Waals surface area contributed by atoms with Gasteiger partial charge in [-0.3, -0.25) is 4.90 Å². The molecule has 2 rings (SSSR count). The number of nitrogens with zero attached hydrogens (tertiary/aromatic N) is 1. The van der Waals surface area contributed by atoms with Crippen LogP contribution in [0.5, 0.6) is 0 Å². The van der Waals surface area contributed by atoms with E-state index < -0.39 is 0 Å². The molecule has 102 valence electrons. The Morgan fingerprint density at radius 3 is 2.72 bits per heavy atom. The third-order valence-corrected chi connectivity index (χ3v) is 3.71. The van der Waals surface area contributed by atoms with Gasteiger partial charge in [0.1, 0.15) is 5.76 Å². The predicted molar refractivity (Wildman–Crippen MR) is 74.4 cm³/mol. The van der Waals surface area contributed by atoms with Crippen molar-refractivity contribution in [2.75, 3.05) is 13.1 Å². The van der Waals surface area contributed by atoms with Gasteiger partial charge in [0.2, 0.25) is 0 Å². The van der Waals surface area contributed by atoms with Gasteiger partial charge in [0.05, 0.1) is 12.8 Å². The van der Waals surface area contributed by atoms with Gasteiger partial charge >= 0.3 is 0 Å². The number of furan rings is 1. The molecule has 0 aliphatic heterocycles. The summed E-state index contributed by atoms with van der Waals surface area (Å²) >= 11 is 0. The van der Waals surface area contributed by atoms with Gasteiger partial charge < -0.3 is 9.73 Å². The SMILES string of the molecule is CC(C)N(CC1CC1)C(C)CNCc1ccco1. The first-order valence-corrected chi connectivity index (χ1v) is 7.15. The van der Waals surface area contributed by atoms with Gasteiger partial charge in [-0.05, 0) is 51.7 Å². The van der Waals surface area contributed by atoms with Crippen LogP contribution in [0.25, 0.3) is 0 Å². The monoisotopic (exact) mass is 250 g/mol. The van der Waals surface area contributed by atoms with Crippen LogP contribution in [0.1, 0.15) is 39.4 Å². The van der Waals surface area contributed by atoms with Crippen LogP contribution in [-0.2, 0) is 6.54 Å². The van der Waals surface area contributed by atoms with E-state index in [-0.39, 0.29) is 0 Å². The van der Waals surface area contributed by atoms with Gasteiger partial charge in [-0.2, -0.15) is 0 Å². The Bertz CT molecular complexity index is 330. The summed E-state index contributed by atoms with van der Waals surface area (Å²) in [6.45, 7) is 10.0. The smallest absolute Gasteiger partial charge is 0.117 e. The largest absolute Gasteiger partial charge is 0.468 e. The topological polar surface area (TPSA) is 28.4 Å². The van der Waals surface area contributed by atoms with E-state index in [9.17, 15) is 0 Å². The standard InChI is InChI=1S/C15H26N2O/c1-12(2)17(11-14-6-7-14)13(3)9-16-10-15-5-4-8-18-15/h4-5,8,12-14,16H,6-7,9-11H2,1-3H3. The molecule has 0 bridgehead atoms. The van der Waals surface area contributed by atoms with Gasteiger partial charge in [0.25, 0.3) is 0 Å². The summed E-state index contributed by atoms with van der Waals surface area (Å²) < 4.78 is 5.32. The van der Waals surface area contributed by atoms with Crippen molar-refractivity contribution in [1.82, 2.24) is 10.2 Å². The summed E-state index contributed by atoms with van der Waals surface area (Å²) in [6.07, 6.45) is 4.58. The molecule has 1 aromatic rings. The Balaban J connectivity index is 1.72. The van der Waals surface area contributed by atoms with Crippen molar-refractivity contribution in [3.8, 4) is 0 Å². The average molecular weight is 250 g/mol. The van der Waals surface area contributed by atoms with Crippen LogP contribution in [0.4, 0.5) is 0 Å². The summed E-state index contributed by atoms with van der Waals surface area (Å²) in [5.41, 5.74) is 0. The lowest BCUT2D eigenvalue weighted by Gasteiger charge is -2.33. The molecule has 1 aliphatic rings. The Morgan fingerprint density at radius 2 is 2.17 bits per heavy atom. The molecule has 0 amide bonds. The minimum atomic E-state index is 0.584. The van der Waals surface area contributed by atoms with Gasteiger partial charge in [-0.25, -0.2) is 0 Å². The second kappa shape index (κ2) is 6.39. The number of hydrogen-bond donors (Lipinski definition) is 1. The second-order valence-corrected chi connectivity index (χ2v) is 5.79. The van der Waals surface area contributed by atoms with Crippen molar-refractivity contribution in [3.05, 3.63) is 24.2 Å². The number of rotatable bonds is 8. The molecule has 0 spiro atoms. The van der Waals surface area contributed by atoms with Crippen LogP contribution < -0.4 is 5.32 Å². The third-order valence-electron chi connectivity index (χ3n) is 3.71. The van der Waals surface area contributed by atoms with E-state index in [2.05, 4.69) is 31.0 Å². The van der Waals surface area contributed by atoms with Gasteiger partial charge in [-0.15, -0.1) is 0 Å². The molecular formula is C15H26N2O. The molecule has 1 fully saturated rings. The molecule has 1 aliphatic carbocycles. The molecule has 3 nitrogen and oxygen atoms in total. The van der Waals surface area contributed by atoms with Crippen LogP contribution in [0, 0.1) is 5.92 Å². The molecule has 0 aromatic carbocycles. The minimum Gasteiger partial charge on any atom is -0.468 e. The van der Waals surface area contributed by atoms with Crippen molar-refractivity contribution in [2.45, 2.75) is 52.2 Å². The van der Waals surface area contributed by atoms with Gasteiger partial charge in [0.15, 0.2) is 0 Å². The maximum absolute atomic E-state index is 5.32. The lowest BCUT2D eigenvalue weighted by molar-refractivity contribution is 0.153. The molecule has 0 saturated heterocycles. The fourth-order valence-corrected chi connectivity index (χ4v) is 2.43. The zero-order valence-corrected chi connectivity index (χ0v) is 11.9. The van der Waals surface area contributed by atoms with E-state index in [1.807, 2.05) is 12.1 Å². The average Bonchev–Trinajstić information content (AvgIpc) is 3.01. The van der Waals surface area contributed by atoms with E-state index in [1.165, 1.54) is 19.4 Å². The maximum Gasteiger partial charge on any atom is 0.117 e. The zero-order valence-electron chi connectivity index (χ0n) is 11.9. The van der Waals surface area contributed by atoms with Crippen molar-refractivity contribution >= 4 is 0 Å². The highest BCUT2D eigenvalue weighted by molar-refractivity contribution is 4.97. The molecule has 1 N–H and O–H groups in total. The van der Waals surface area contributed by atoms with Crippen LogP contribution in [0.15, 0.2) is 22.8 Å². The van der Waals surface area contributed by atoms with E-state index >= 15 is 0 Å². The summed E-state index contributed by atoms with van der Waals surface area (Å²) in [6, 6.07) is 5.17. The van der Waals surface area contributed by atoms with Gasteiger partial charge in [-0.1, -0.05) is 0 Å². The van der Waals surface area contributed by atoms with Crippen LogP contribution in [0.3, 0.4) is 0 Å². The van der Waals surface area contributed by atoms with Gasteiger partial charge in [0, 0.05) is 25.2 Å². The molecule has 1 unspecified atom stereocenters. The fourth-order valence-electron chi connectivity index (χ4n) is 2.43. The molecule has 3 heteroatoms. The normalized spacial score (nSPS) is 17.6. The van der Waals surface area contributed by atoms with E-state index in [1.54, 1.807) is 6.26 Å². The quantitative estimate of drug-likeness (QED) is 0.769. The molecule has 18 heavy (non-hydrogen) atoms. The number of hydrogen-bond acceptors (Lipinski definition) is 3. The van der Waals surface area contributed by atoms with E-state index in [0.29, 0.717) is 12.1 Å². The highest BCUT2D eigenvalue weighted by Gasteiger charge is 2.27. The Labute approximate surface area is 111 Å². The first-order valence-electron chi connectivity index (χ1n) is 7.15. The van der Waals surface area contributed by atoms with Crippen LogP contribution in [-0.4, -0.2) is 30.1 Å². The van der Waals surface area contributed by atoms with Crippen molar-refractivity contribution in [1.29, 1.82) is 0 Å². The molecule has 1 heterocycles. The summed E-state index contributed by atoms with van der Waals surface area (Å²) in [5.74, 6) is 1.97. The zero-order chi connectivity index (χ0) is 13.0. The predicted octanol–water partition coefficient (Wildman–Crippen LogP) is 2.88. The van der Waals surface area contributed by atoms with Crippen LogP contribution in [0.2, 0.25) is 0 Å². The highest BCUT2D eigenvalue weighted by Crippen LogP contribution is 2.30. The Morgan fingerprint density at radius 1 is 1.39 bits per heavy atom. The lowest BCUT2D eigenvalue weighted by atomic mass is 10.2. The summed E-state index contributed by atoms with van der Waals surface area (Å²) in [7, 11) is 0. The highest BCUT2D eigenvalue weighted by atomic mass is 16.3. The molecular weight excluding hydrogens is 224 g/mol. The first kappa shape index (κ1) is 13.6. The second-order valence-electron chi connectivity index (χ2n) is 5.79. The summed E-state index contributed by atoms with van der Waals surface area (Å²) in [5, 5.41) is 3.48. The minimum absolute atomic E-state index is 0.584. The summed E-state index contributed by atoms with van der Waals surface area (Å²) in [4.78, 5) is 2.62. The van der Waals surface area contributed by atoms with Crippen molar-refractivity contribution in [2.24, 2.45) is 5.92 Å². The fraction of sp³-hybridized carbons (Fsp3) is 0.733. The maximum atomic E-state index is 5.32. The Hall–Kier alpha value is -0.800. The molecule has 1 aromatic heterocycles. The molecule has 1 saturated carbocycles. The first-order chi connectivity index (χ1) is 8.66. The van der Waals surface area contributed by atoms with Crippen molar-refractivity contribution < 1.29 is 4.42 Å². The molecule has 1 atom stereocenters. The van der Waals surface area contributed by atoms with Crippen molar-refractivity contribution in [3.63, 3.8) is 0 Å².